The quantitative estimate of drug-likeness (QED) is 0.672. The normalized spacial score (nSPS) is 18.2. The lowest BCUT2D eigenvalue weighted by Crippen LogP contribution is -2.45. The number of nitrogens with zero attached hydrogens (tertiary/aromatic N) is 1. The van der Waals surface area contributed by atoms with E-state index in [2.05, 4.69) is 43.5 Å². The molecule has 0 aromatic carbocycles. The molecule has 5 heteroatoms. The van der Waals surface area contributed by atoms with Crippen molar-refractivity contribution in [2.45, 2.75) is 51.7 Å². The number of carbonyl (C=O) groups excluding carboxylic acids is 1. The Morgan fingerprint density at radius 3 is 2.43 bits per heavy atom. The molecule has 0 radical (unpaired) electrons. The number of ether oxygens (including phenoxy) is 1. The van der Waals surface area contributed by atoms with Crippen molar-refractivity contribution in [2.75, 3.05) is 40.3 Å². The molecule has 124 valence electrons. The lowest BCUT2D eigenvalue weighted by Gasteiger charge is -2.31. The second-order valence-electron chi connectivity index (χ2n) is 6.17. The molecule has 2 N–H and O–H groups in total. The van der Waals surface area contributed by atoms with Crippen LogP contribution in [0.5, 0.6) is 0 Å². The second kappa shape index (κ2) is 10.1. The van der Waals surface area contributed by atoms with E-state index in [1.165, 1.54) is 0 Å². The van der Waals surface area contributed by atoms with Gasteiger partial charge < -0.3 is 20.3 Å². The number of rotatable bonds is 9. The van der Waals surface area contributed by atoms with Gasteiger partial charge in [0.05, 0.1) is 6.10 Å². The smallest absolute Gasteiger partial charge is 0.246 e. The number of nitrogens with one attached hydrogen (secondary N) is 2. The van der Waals surface area contributed by atoms with Gasteiger partial charge in [-0.05, 0) is 45.9 Å². The fourth-order valence-corrected chi connectivity index (χ4v) is 3.03. The summed E-state index contributed by atoms with van der Waals surface area (Å²) < 4.78 is 5.68. The van der Waals surface area contributed by atoms with Crippen LogP contribution in [0.3, 0.4) is 0 Å². The molecule has 0 bridgehead atoms. The van der Waals surface area contributed by atoms with Crippen LogP contribution in [0, 0.1) is 5.92 Å². The summed E-state index contributed by atoms with van der Waals surface area (Å²) in [5.74, 6) is 0.622. The first-order valence-electron chi connectivity index (χ1n) is 8.33. The third-order valence-corrected chi connectivity index (χ3v) is 4.50. The molecule has 1 fully saturated rings. The Labute approximate surface area is 129 Å². The van der Waals surface area contributed by atoms with Gasteiger partial charge in [0.2, 0.25) is 5.91 Å². The van der Waals surface area contributed by atoms with Crippen LogP contribution in [0.15, 0.2) is 0 Å². The molecule has 1 heterocycles. The average molecular weight is 299 g/mol. The Bertz CT molecular complexity index is 287. The van der Waals surface area contributed by atoms with Gasteiger partial charge in [-0.15, -0.1) is 0 Å². The van der Waals surface area contributed by atoms with E-state index in [4.69, 9.17) is 4.74 Å². The topological polar surface area (TPSA) is 53.6 Å². The lowest BCUT2D eigenvalue weighted by molar-refractivity contribution is -0.128. The first-order chi connectivity index (χ1) is 10.1. The molecule has 0 spiro atoms. The Morgan fingerprint density at radius 1 is 1.29 bits per heavy atom. The molecule has 1 rings (SSSR count). The molecule has 1 unspecified atom stereocenters. The molecule has 1 saturated heterocycles. The Kier molecular flexibility index (Phi) is 8.88. The zero-order chi connectivity index (χ0) is 15.7. The van der Waals surface area contributed by atoms with Crippen LogP contribution < -0.4 is 10.6 Å². The molecule has 0 aromatic rings. The van der Waals surface area contributed by atoms with Gasteiger partial charge in [0.1, 0.15) is 6.61 Å². The molecule has 0 aliphatic carbocycles. The van der Waals surface area contributed by atoms with Crippen molar-refractivity contribution >= 4 is 5.91 Å². The number of piperidine rings is 1. The number of amides is 1. The molecule has 5 nitrogen and oxygen atoms in total. The molecule has 21 heavy (non-hydrogen) atoms. The Morgan fingerprint density at radius 2 is 1.90 bits per heavy atom. The minimum atomic E-state index is 0.00587. The standard InChI is InChI=1S/C16H33N3O2/c1-5-13(6-2)15(19(3)4)11-18-16(20)12-21-14-7-9-17-10-8-14/h13-15,17H,5-12H2,1-4H3,(H,18,20). The van der Waals surface area contributed by atoms with Gasteiger partial charge in [-0.25, -0.2) is 0 Å². The number of carbonyl (C=O) groups is 1. The summed E-state index contributed by atoms with van der Waals surface area (Å²) in [4.78, 5) is 14.2. The molecule has 0 saturated carbocycles. The van der Waals surface area contributed by atoms with E-state index in [9.17, 15) is 4.79 Å². The summed E-state index contributed by atoms with van der Waals surface area (Å²) in [5, 5.41) is 6.33. The van der Waals surface area contributed by atoms with Crippen LogP contribution in [-0.4, -0.2) is 63.3 Å². The predicted molar refractivity (Wildman–Crippen MR) is 86.4 cm³/mol. The van der Waals surface area contributed by atoms with E-state index in [0.717, 1.165) is 38.8 Å². The maximum absolute atomic E-state index is 11.9. The SMILES string of the molecule is CCC(CC)C(CNC(=O)COC1CCNCC1)N(C)C. The van der Waals surface area contributed by atoms with Gasteiger partial charge in [-0.1, -0.05) is 26.7 Å². The maximum Gasteiger partial charge on any atom is 0.246 e. The average Bonchev–Trinajstić information content (AvgIpc) is 2.50. The van der Waals surface area contributed by atoms with Crippen molar-refractivity contribution in [3.8, 4) is 0 Å². The highest BCUT2D eigenvalue weighted by molar-refractivity contribution is 5.77. The van der Waals surface area contributed by atoms with Crippen molar-refractivity contribution < 1.29 is 9.53 Å². The summed E-state index contributed by atoms with van der Waals surface area (Å²) >= 11 is 0. The highest BCUT2D eigenvalue weighted by atomic mass is 16.5. The fourth-order valence-electron chi connectivity index (χ4n) is 3.03. The van der Waals surface area contributed by atoms with Gasteiger partial charge in [0.25, 0.3) is 0 Å². The minimum Gasteiger partial charge on any atom is -0.368 e. The largest absolute Gasteiger partial charge is 0.368 e. The summed E-state index contributed by atoms with van der Waals surface area (Å²) in [6, 6.07) is 0.392. The van der Waals surface area contributed by atoms with Crippen LogP contribution >= 0.6 is 0 Å². The van der Waals surface area contributed by atoms with Gasteiger partial charge in [-0.2, -0.15) is 0 Å². The van der Waals surface area contributed by atoms with Crippen molar-refractivity contribution in [3.63, 3.8) is 0 Å². The maximum atomic E-state index is 11.9. The third-order valence-electron chi connectivity index (χ3n) is 4.50. The first kappa shape index (κ1) is 18.4. The van der Waals surface area contributed by atoms with E-state index >= 15 is 0 Å². The lowest BCUT2D eigenvalue weighted by atomic mass is 9.93. The van der Waals surface area contributed by atoms with Crippen molar-refractivity contribution in [3.05, 3.63) is 0 Å². The van der Waals surface area contributed by atoms with E-state index in [-0.39, 0.29) is 18.6 Å². The van der Waals surface area contributed by atoms with E-state index < -0.39 is 0 Å². The molecular weight excluding hydrogens is 266 g/mol. The van der Waals surface area contributed by atoms with Crippen LogP contribution in [-0.2, 0) is 9.53 Å². The summed E-state index contributed by atoms with van der Waals surface area (Å²) in [7, 11) is 4.17. The molecule has 1 atom stereocenters. The zero-order valence-electron chi connectivity index (χ0n) is 14.2. The zero-order valence-corrected chi connectivity index (χ0v) is 14.2. The minimum absolute atomic E-state index is 0.00587. The van der Waals surface area contributed by atoms with Crippen molar-refractivity contribution in [2.24, 2.45) is 5.92 Å². The van der Waals surface area contributed by atoms with Crippen molar-refractivity contribution in [1.82, 2.24) is 15.5 Å². The highest BCUT2D eigenvalue weighted by Crippen LogP contribution is 2.16. The fraction of sp³-hybridized carbons (Fsp3) is 0.938. The highest BCUT2D eigenvalue weighted by Gasteiger charge is 2.21. The number of likely N-dealkylation sites (N-methyl/N-ethyl adjacent to an activating group) is 1. The van der Waals surface area contributed by atoms with E-state index in [0.29, 0.717) is 18.5 Å². The van der Waals surface area contributed by atoms with E-state index in [1.807, 2.05) is 0 Å². The van der Waals surface area contributed by atoms with Gasteiger partial charge >= 0.3 is 0 Å². The summed E-state index contributed by atoms with van der Waals surface area (Å²) in [6.45, 7) is 7.30. The molecule has 0 aromatic heterocycles. The third kappa shape index (κ3) is 6.76. The van der Waals surface area contributed by atoms with E-state index in [1.54, 1.807) is 0 Å². The second-order valence-corrected chi connectivity index (χ2v) is 6.17. The number of hydrogen-bond donors (Lipinski definition) is 2. The monoisotopic (exact) mass is 299 g/mol. The van der Waals surface area contributed by atoms with Crippen LogP contribution in [0.25, 0.3) is 0 Å². The van der Waals surface area contributed by atoms with Crippen molar-refractivity contribution in [1.29, 1.82) is 0 Å². The van der Waals surface area contributed by atoms with Crippen LogP contribution in [0.4, 0.5) is 0 Å². The van der Waals surface area contributed by atoms with Gasteiger partial charge in [0.15, 0.2) is 0 Å². The number of hydrogen-bond acceptors (Lipinski definition) is 4. The summed E-state index contributed by atoms with van der Waals surface area (Å²) in [6.07, 6.45) is 4.52. The van der Waals surface area contributed by atoms with Gasteiger partial charge in [0, 0.05) is 12.6 Å². The first-order valence-corrected chi connectivity index (χ1v) is 8.33. The molecule has 1 aliphatic heterocycles. The van der Waals surface area contributed by atoms with Gasteiger partial charge in [-0.3, -0.25) is 4.79 Å². The summed E-state index contributed by atoms with van der Waals surface area (Å²) in [5.41, 5.74) is 0. The Hall–Kier alpha value is -0.650. The molecule has 1 aliphatic rings. The molecular formula is C16H33N3O2. The van der Waals surface area contributed by atoms with Crippen LogP contribution in [0.2, 0.25) is 0 Å². The molecule has 1 amide bonds. The van der Waals surface area contributed by atoms with Crippen LogP contribution in [0.1, 0.15) is 39.5 Å². The predicted octanol–water partition coefficient (Wildman–Crippen LogP) is 1.24. The Balaban J connectivity index is 2.28.